The van der Waals surface area contributed by atoms with Crippen molar-refractivity contribution in [2.24, 2.45) is 11.5 Å². The number of aliphatic hydroxyl groups excluding tert-OH is 1. The Bertz CT molecular complexity index is 651. The summed E-state index contributed by atoms with van der Waals surface area (Å²) in [5, 5.41) is 33.7. The SMILES string of the molecule is CSCCC(NC(=O)C(N)CCCCN)C(=O)NC(CC(=O)O)C(=O)NC(CO)C(=O)O. The second-order valence-electron chi connectivity index (χ2n) is 6.97. The Morgan fingerprint density at radius 3 is 1.94 bits per heavy atom. The van der Waals surface area contributed by atoms with Crippen LogP contribution in [0, 0.1) is 0 Å². The number of nitrogens with two attached hydrogens (primary N) is 2. The summed E-state index contributed by atoms with van der Waals surface area (Å²) in [6, 6.07) is -5.26. The van der Waals surface area contributed by atoms with E-state index in [9.17, 15) is 24.0 Å². The van der Waals surface area contributed by atoms with E-state index in [4.69, 9.17) is 26.8 Å². The second kappa shape index (κ2) is 16.2. The summed E-state index contributed by atoms with van der Waals surface area (Å²) in [7, 11) is 0. The monoisotopic (exact) mass is 479 g/mol. The lowest BCUT2D eigenvalue weighted by Crippen LogP contribution is -2.58. The fourth-order valence-corrected chi connectivity index (χ4v) is 3.01. The molecule has 0 aliphatic heterocycles. The number of aliphatic carboxylic acids is 2. The smallest absolute Gasteiger partial charge is 0.328 e. The molecule has 4 atom stereocenters. The molecule has 184 valence electrons. The quantitative estimate of drug-likeness (QED) is 0.0992. The number of carboxylic acids is 2. The van der Waals surface area contributed by atoms with Gasteiger partial charge in [0.15, 0.2) is 0 Å². The van der Waals surface area contributed by atoms with Gasteiger partial charge in [0.1, 0.15) is 18.1 Å². The van der Waals surface area contributed by atoms with E-state index in [0.717, 1.165) is 0 Å². The van der Waals surface area contributed by atoms with Gasteiger partial charge in [-0.15, -0.1) is 0 Å². The number of unbranched alkanes of at least 4 members (excludes halogenated alkanes) is 1. The van der Waals surface area contributed by atoms with Gasteiger partial charge in [0.2, 0.25) is 17.7 Å². The molecule has 4 unspecified atom stereocenters. The lowest BCUT2D eigenvalue weighted by atomic mass is 10.1. The second-order valence-corrected chi connectivity index (χ2v) is 7.96. The Hall–Kier alpha value is -2.42. The molecule has 0 aromatic carbocycles. The molecule has 0 aromatic heterocycles. The minimum atomic E-state index is -1.67. The van der Waals surface area contributed by atoms with Crippen LogP contribution in [-0.2, 0) is 24.0 Å². The number of thioether (sulfide) groups is 1. The van der Waals surface area contributed by atoms with Crippen molar-refractivity contribution in [2.45, 2.75) is 56.3 Å². The number of amides is 3. The first-order valence-electron chi connectivity index (χ1n) is 9.98. The highest BCUT2D eigenvalue weighted by Crippen LogP contribution is 2.05. The van der Waals surface area contributed by atoms with E-state index in [2.05, 4.69) is 10.6 Å². The molecule has 0 radical (unpaired) electrons. The van der Waals surface area contributed by atoms with Crippen molar-refractivity contribution in [3.8, 4) is 0 Å². The molecule has 0 bridgehead atoms. The van der Waals surface area contributed by atoms with Gasteiger partial charge in [-0.05, 0) is 37.8 Å². The number of nitrogens with one attached hydrogen (secondary N) is 3. The molecule has 0 fully saturated rings. The molecule has 0 saturated carbocycles. The topological polar surface area (TPSA) is 234 Å². The van der Waals surface area contributed by atoms with Crippen LogP contribution in [0.1, 0.15) is 32.1 Å². The standard InChI is InChI=1S/C18H33N5O8S/c1-32-7-5-11(21-15(27)10(20)4-2-3-6-19)16(28)22-12(8-14(25)26)17(29)23-13(9-24)18(30)31/h10-13,24H,2-9,19-20H2,1H3,(H,21,27)(H,22,28)(H,23,29)(H,25,26)(H,30,31). The zero-order valence-corrected chi connectivity index (χ0v) is 18.7. The van der Waals surface area contributed by atoms with Gasteiger partial charge in [-0.25, -0.2) is 4.79 Å². The fourth-order valence-electron chi connectivity index (χ4n) is 2.54. The highest BCUT2D eigenvalue weighted by molar-refractivity contribution is 7.98. The summed E-state index contributed by atoms with van der Waals surface area (Å²) in [4.78, 5) is 59.5. The first-order chi connectivity index (χ1) is 15.1. The fraction of sp³-hybridized carbons (Fsp3) is 0.722. The third-order valence-electron chi connectivity index (χ3n) is 4.36. The average Bonchev–Trinajstić information content (AvgIpc) is 2.73. The van der Waals surface area contributed by atoms with Crippen LogP contribution in [0.2, 0.25) is 0 Å². The summed E-state index contributed by atoms with van der Waals surface area (Å²) < 4.78 is 0. The van der Waals surface area contributed by atoms with Crippen molar-refractivity contribution in [3.63, 3.8) is 0 Å². The predicted molar refractivity (Wildman–Crippen MR) is 117 cm³/mol. The Labute approximate surface area is 190 Å². The molecule has 3 amide bonds. The van der Waals surface area contributed by atoms with Crippen LogP contribution in [0.5, 0.6) is 0 Å². The van der Waals surface area contributed by atoms with E-state index < -0.39 is 66.9 Å². The van der Waals surface area contributed by atoms with Gasteiger partial charge in [0.25, 0.3) is 0 Å². The number of carbonyl (C=O) groups is 5. The number of aliphatic hydroxyl groups is 1. The van der Waals surface area contributed by atoms with Gasteiger partial charge < -0.3 is 42.7 Å². The first kappa shape index (κ1) is 29.6. The molecule has 0 rings (SSSR count). The minimum absolute atomic E-state index is 0.185. The summed E-state index contributed by atoms with van der Waals surface area (Å²) in [6.07, 6.45) is 2.82. The van der Waals surface area contributed by atoms with E-state index in [0.29, 0.717) is 31.6 Å². The summed E-state index contributed by atoms with van der Waals surface area (Å²) in [5.41, 5.74) is 11.2. The van der Waals surface area contributed by atoms with Gasteiger partial charge in [0, 0.05) is 0 Å². The minimum Gasteiger partial charge on any atom is -0.481 e. The van der Waals surface area contributed by atoms with Gasteiger partial charge in [-0.2, -0.15) is 11.8 Å². The largest absolute Gasteiger partial charge is 0.481 e. The Morgan fingerprint density at radius 1 is 0.875 bits per heavy atom. The maximum absolute atomic E-state index is 12.7. The molecule has 0 aromatic rings. The number of hydrogen-bond acceptors (Lipinski definition) is 9. The number of hydrogen-bond donors (Lipinski definition) is 8. The Kier molecular flexibility index (Phi) is 15.0. The zero-order chi connectivity index (χ0) is 24.7. The van der Waals surface area contributed by atoms with Gasteiger partial charge >= 0.3 is 11.9 Å². The molecule has 0 spiro atoms. The van der Waals surface area contributed by atoms with E-state index in [-0.39, 0.29) is 6.42 Å². The first-order valence-corrected chi connectivity index (χ1v) is 11.4. The molecular weight excluding hydrogens is 446 g/mol. The van der Waals surface area contributed by atoms with Crippen LogP contribution < -0.4 is 27.4 Å². The van der Waals surface area contributed by atoms with Crippen molar-refractivity contribution in [1.29, 1.82) is 0 Å². The normalized spacial score (nSPS) is 14.5. The Balaban J connectivity index is 5.30. The van der Waals surface area contributed by atoms with Crippen LogP contribution in [0.25, 0.3) is 0 Å². The molecule has 0 aliphatic rings. The van der Waals surface area contributed by atoms with E-state index in [1.165, 1.54) is 11.8 Å². The lowest BCUT2D eigenvalue weighted by molar-refractivity contribution is -0.144. The number of carboxylic acid groups (broad SMARTS) is 2. The summed E-state index contributed by atoms with van der Waals surface area (Å²) >= 11 is 1.41. The average molecular weight is 480 g/mol. The van der Waals surface area contributed by atoms with Crippen molar-refractivity contribution in [3.05, 3.63) is 0 Å². The van der Waals surface area contributed by atoms with Crippen molar-refractivity contribution in [2.75, 3.05) is 25.2 Å². The highest BCUT2D eigenvalue weighted by atomic mass is 32.2. The summed E-state index contributed by atoms with van der Waals surface area (Å²) in [5.74, 6) is -4.98. The maximum Gasteiger partial charge on any atom is 0.328 e. The van der Waals surface area contributed by atoms with Crippen LogP contribution in [0.15, 0.2) is 0 Å². The van der Waals surface area contributed by atoms with Crippen LogP contribution >= 0.6 is 11.8 Å². The van der Waals surface area contributed by atoms with Crippen molar-refractivity contribution in [1.82, 2.24) is 16.0 Å². The molecular formula is C18H33N5O8S. The summed E-state index contributed by atoms with van der Waals surface area (Å²) in [6.45, 7) is -0.470. The maximum atomic E-state index is 12.7. The lowest BCUT2D eigenvalue weighted by Gasteiger charge is -2.24. The molecule has 0 aliphatic carbocycles. The van der Waals surface area contributed by atoms with Crippen molar-refractivity contribution >= 4 is 41.4 Å². The third kappa shape index (κ3) is 11.8. The molecule has 14 heteroatoms. The molecule has 10 N–H and O–H groups in total. The molecule has 0 heterocycles. The third-order valence-corrected chi connectivity index (χ3v) is 5.00. The highest BCUT2D eigenvalue weighted by Gasteiger charge is 2.31. The number of carbonyl (C=O) groups excluding carboxylic acids is 3. The van der Waals surface area contributed by atoms with Crippen LogP contribution in [0.4, 0.5) is 0 Å². The van der Waals surface area contributed by atoms with Gasteiger partial charge in [-0.3, -0.25) is 19.2 Å². The van der Waals surface area contributed by atoms with Crippen LogP contribution in [0.3, 0.4) is 0 Å². The predicted octanol–water partition coefficient (Wildman–Crippen LogP) is -2.80. The van der Waals surface area contributed by atoms with Gasteiger partial charge in [0.05, 0.1) is 19.1 Å². The van der Waals surface area contributed by atoms with Crippen molar-refractivity contribution < 1.29 is 39.3 Å². The van der Waals surface area contributed by atoms with Crippen LogP contribution in [-0.4, -0.2) is 94.3 Å². The zero-order valence-electron chi connectivity index (χ0n) is 17.9. The Morgan fingerprint density at radius 2 is 1.44 bits per heavy atom. The molecule has 0 saturated heterocycles. The van der Waals surface area contributed by atoms with E-state index >= 15 is 0 Å². The molecule has 32 heavy (non-hydrogen) atoms. The van der Waals surface area contributed by atoms with Gasteiger partial charge in [-0.1, -0.05) is 6.42 Å². The number of rotatable bonds is 17. The van der Waals surface area contributed by atoms with E-state index in [1.54, 1.807) is 6.26 Å². The molecule has 13 nitrogen and oxygen atoms in total. The van der Waals surface area contributed by atoms with E-state index in [1.807, 2.05) is 5.32 Å².